The van der Waals surface area contributed by atoms with Crippen molar-refractivity contribution in [1.29, 1.82) is 0 Å². The number of aromatic nitrogens is 4. The first-order chi connectivity index (χ1) is 10.3. The number of anilines is 1. The topological polar surface area (TPSA) is 97.2 Å². The summed E-state index contributed by atoms with van der Waals surface area (Å²) >= 11 is 1.48. The fourth-order valence-electron chi connectivity index (χ4n) is 2.25. The molecule has 0 bridgehead atoms. The average molecular weight is 382 g/mol. The molecule has 0 amide bonds. The van der Waals surface area contributed by atoms with Crippen molar-refractivity contribution in [2.24, 2.45) is 5.73 Å². The zero-order valence-corrected chi connectivity index (χ0v) is 15.3. The van der Waals surface area contributed by atoms with Crippen LogP contribution >= 0.6 is 36.3 Å². The highest BCUT2D eigenvalue weighted by Crippen LogP contribution is 2.19. The smallest absolute Gasteiger partial charge is 0.240 e. The lowest BCUT2D eigenvalue weighted by molar-refractivity contribution is 0.240. The van der Waals surface area contributed by atoms with E-state index in [0.29, 0.717) is 18.3 Å². The number of hydrogen-bond donors (Lipinski definition) is 1. The van der Waals surface area contributed by atoms with Gasteiger partial charge in [0.2, 0.25) is 11.0 Å². The van der Waals surface area contributed by atoms with Gasteiger partial charge in [-0.05, 0) is 0 Å². The lowest BCUT2D eigenvalue weighted by Gasteiger charge is -2.33. The number of aryl methyl sites for hydroxylation is 1. The van der Waals surface area contributed by atoms with Crippen molar-refractivity contribution >= 4 is 41.5 Å². The number of hydrogen-bond acceptors (Lipinski definition) is 9. The van der Waals surface area contributed by atoms with E-state index in [2.05, 4.69) is 36.2 Å². The molecule has 23 heavy (non-hydrogen) atoms. The van der Waals surface area contributed by atoms with Gasteiger partial charge in [-0.2, -0.15) is 9.36 Å². The maximum Gasteiger partial charge on any atom is 0.240 e. The van der Waals surface area contributed by atoms with Gasteiger partial charge in [0, 0.05) is 44.1 Å². The molecule has 3 heterocycles. The lowest BCUT2D eigenvalue weighted by atomic mass is 10.3. The predicted molar refractivity (Wildman–Crippen MR) is 93.5 cm³/mol. The van der Waals surface area contributed by atoms with E-state index in [0.717, 1.165) is 43.6 Å². The highest BCUT2D eigenvalue weighted by Gasteiger charge is 2.21. The molecular weight excluding hydrogens is 361 g/mol. The summed E-state index contributed by atoms with van der Waals surface area (Å²) in [5.74, 6) is 2.12. The molecule has 8 nitrogen and oxygen atoms in total. The van der Waals surface area contributed by atoms with Crippen LogP contribution in [0.3, 0.4) is 0 Å². The molecule has 1 fully saturated rings. The average Bonchev–Trinajstić information content (AvgIpc) is 3.17. The molecule has 1 aliphatic heterocycles. The van der Waals surface area contributed by atoms with Gasteiger partial charge in [0.05, 0.1) is 13.1 Å². The lowest BCUT2D eigenvalue weighted by Crippen LogP contribution is -2.46. The Hall–Kier alpha value is -1.00. The first kappa shape index (κ1) is 20.0. The number of halogens is 2. The van der Waals surface area contributed by atoms with E-state index in [1.807, 2.05) is 0 Å². The summed E-state index contributed by atoms with van der Waals surface area (Å²) in [4.78, 5) is 13.4. The summed E-state index contributed by atoms with van der Waals surface area (Å²) in [5.41, 5.74) is 5.46. The van der Waals surface area contributed by atoms with Crippen molar-refractivity contribution in [3.63, 3.8) is 0 Å². The largest absolute Gasteiger partial charge is 0.344 e. The molecule has 0 aromatic carbocycles. The van der Waals surface area contributed by atoms with Gasteiger partial charge in [-0.1, -0.05) is 12.1 Å². The molecule has 0 aliphatic carbocycles. The molecule has 3 rings (SSSR count). The molecule has 0 unspecified atom stereocenters. The maximum atomic E-state index is 5.46. The minimum Gasteiger partial charge on any atom is -0.344 e. The van der Waals surface area contributed by atoms with E-state index in [9.17, 15) is 0 Å². The van der Waals surface area contributed by atoms with Gasteiger partial charge in [-0.25, -0.2) is 4.98 Å². The molecular formula is C12H21Cl2N7OS. The van der Waals surface area contributed by atoms with Gasteiger partial charge in [0.15, 0.2) is 5.82 Å². The van der Waals surface area contributed by atoms with Crippen molar-refractivity contribution in [1.82, 2.24) is 24.4 Å². The molecule has 2 aromatic rings. The van der Waals surface area contributed by atoms with Crippen LogP contribution in [0.15, 0.2) is 4.52 Å². The highest BCUT2D eigenvalue weighted by molar-refractivity contribution is 7.09. The zero-order valence-electron chi connectivity index (χ0n) is 12.8. The number of rotatable bonds is 5. The molecule has 0 spiro atoms. The quantitative estimate of drug-likeness (QED) is 0.821. The monoisotopic (exact) mass is 381 g/mol. The van der Waals surface area contributed by atoms with Gasteiger partial charge in [0.25, 0.3) is 0 Å². The molecule has 0 atom stereocenters. The van der Waals surface area contributed by atoms with E-state index >= 15 is 0 Å². The molecule has 2 aromatic heterocycles. The fraction of sp³-hybridized carbons (Fsp3) is 0.667. The summed E-state index contributed by atoms with van der Waals surface area (Å²) in [5, 5.41) is 4.96. The molecule has 0 radical (unpaired) electrons. The molecule has 0 saturated carbocycles. The van der Waals surface area contributed by atoms with Crippen molar-refractivity contribution in [3.05, 3.63) is 17.5 Å². The van der Waals surface area contributed by atoms with Gasteiger partial charge in [0.1, 0.15) is 5.82 Å². The third kappa shape index (κ3) is 4.98. The fourth-order valence-corrected chi connectivity index (χ4v) is 3.05. The normalized spacial score (nSPS) is 15.1. The number of piperazine rings is 1. The number of nitrogens with zero attached hydrogens (tertiary/aromatic N) is 6. The predicted octanol–water partition coefficient (Wildman–Crippen LogP) is 1.11. The standard InChI is InChI=1S/C12H19N7OS.2ClH/c1-2-9-15-12(21-17-9)19-5-3-18(4-6-19)8-10-14-11(7-13)20-16-10;;/h2-8,13H2,1H3;2*1H. The Morgan fingerprint density at radius 2 is 1.87 bits per heavy atom. The van der Waals surface area contributed by atoms with Crippen molar-refractivity contribution in [2.75, 3.05) is 31.1 Å². The van der Waals surface area contributed by atoms with Crippen LogP contribution in [0.1, 0.15) is 24.5 Å². The van der Waals surface area contributed by atoms with E-state index in [4.69, 9.17) is 10.3 Å². The number of nitrogens with two attached hydrogens (primary N) is 1. The summed E-state index contributed by atoms with van der Waals surface area (Å²) in [6.07, 6.45) is 0.887. The Kier molecular flexibility index (Phi) is 8.13. The van der Waals surface area contributed by atoms with Crippen LogP contribution in [-0.2, 0) is 19.5 Å². The molecule has 1 aliphatic rings. The van der Waals surface area contributed by atoms with E-state index in [1.165, 1.54) is 11.5 Å². The minimum atomic E-state index is 0. The molecule has 130 valence electrons. The first-order valence-electron chi connectivity index (χ1n) is 7.10. The third-order valence-corrected chi connectivity index (χ3v) is 4.28. The Bertz CT molecular complexity index is 585. The van der Waals surface area contributed by atoms with Crippen LogP contribution in [0.4, 0.5) is 5.13 Å². The van der Waals surface area contributed by atoms with Gasteiger partial charge < -0.3 is 15.2 Å². The third-order valence-electron chi connectivity index (χ3n) is 3.47. The maximum absolute atomic E-state index is 5.46. The van der Waals surface area contributed by atoms with Crippen LogP contribution in [0, 0.1) is 0 Å². The summed E-state index contributed by atoms with van der Waals surface area (Å²) < 4.78 is 9.36. The Labute approximate surface area is 151 Å². The van der Waals surface area contributed by atoms with Crippen LogP contribution in [-0.4, -0.2) is 50.6 Å². The van der Waals surface area contributed by atoms with Crippen LogP contribution in [0.2, 0.25) is 0 Å². The SMILES string of the molecule is CCc1nsc(N2CCN(Cc3noc(CN)n3)CC2)n1.Cl.Cl. The minimum absolute atomic E-state index is 0. The van der Waals surface area contributed by atoms with Crippen molar-refractivity contribution in [2.45, 2.75) is 26.4 Å². The van der Waals surface area contributed by atoms with E-state index < -0.39 is 0 Å². The molecule has 1 saturated heterocycles. The molecule has 2 N–H and O–H groups in total. The molecule has 11 heteroatoms. The Morgan fingerprint density at radius 3 is 2.43 bits per heavy atom. The van der Waals surface area contributed by atoms with Crippen molar-refractivity contribution < 1.29 is 4.52 Å². The van der Waals surface area contributed by atoms with E-state index in [1.54, 1.807) is 0 Å². The van der Waals surface area contributed by atoms with Gasteiger partial charge in [-0.15, -0.1) is 24.8 Å². The zero-order chi connectivity index (χ0) is 14.7. The second-order valence-electron chi connectivity index (χ2n) is 4.92. The Balaban J connectivity index is 0.00000132. The van der Waals surface area contributed by atoms with Gasteiger partial charge in [-0.3, -0.25) is 4.90 Å². The van der Waals surface area contributed by atoms with Crippen molar-refractivity contribution in [3.8, 4) is 0 Å². The van der Waals surface area contributed by atoms with Crippen LogP contribution in [0.5, 0.6) is 0 Å². The second kappa shape index (κ2) is 9.33. The first-order valence-corrected chi connectivity index (χ1v) is 7.87. The van der Waals surface area contributed by atoms with Crippen LogP contribution in [0.25, 0.3) is 0 Å². The van der Waals surface area contributed by atoms with E-state index in [-0.39, 0.29) is 31.4 Å². The highest BCUT2D eigenvalue weighted by atomic mass is 35.5. The summed E-state index contributed by atoms with van der Waals surface area (Å²) in [6, 6.07) is 0. The Morgan fingerprint density at radius 1 is 1.13 bits per heavy atom. The van der Waals surface area contributed by atoms with Gasteiger partial charge >= 0.3 is 0 Å². The summed E-state index contributed by atoms with van der Waals surface area (Å²) in [6.45, 7) is 6.86. The summed E-state index contributed by atoms with van der Waals surface area (Å²) in [7, 11) is 0. The van der Waals surface area contributed by atoms with Crippen LogP contribution < -0.4 is 10.6 Å². The second-order valence-corrected chi connectivity index (χ2v) is 5.65.